The van der Waals surface area contributed by atoms with Gasteiger partial charge < -0.3 is 4.42 Å². The molecule has 0 aliphatic carbocycles. The molecule has 4 aromatic rings. The van der Waals surface area contributed by atoms with Gasteiger partial charge in [0.1, 0.15) is 5.58 Å². The van der Waals surface area contributed by atoms with Gasteiger partial charge in [-0.2, -0.15) is 0 Å². The van der Waals surface area contributed by atoms with E-state index in [1.54, 1.807) is 24.5 Å². The van der Waals surface area contributed by atoms with Crippen LogP contribution in [0.15, 0.2) is 71.3 Å². The first-order chi connectivity index (χ1) is 13.1. The zero-order chi connectivity index (χ0) is 18.8. The number of fused-ring (bicyclic) bond motifs is 3. The molecule has 0 saturated carbocycles. The highest BCUT2D eigenvalue weighted by molar-refractivity contribution is 6.08. The van der Waals surface area contributed by atoms with Gasteiger partial charge in [0, 0.05) is 16.5 Å². The van der Waals surface area contributed by atoms with Gasteiger partial charge in [-0.1, -0.05) is 48.0 Å². The van der Waals surface area contributed by atoms with Crippen molar-refractivity contribution in [1.82, 2.24) is 10.9 Å². The van der Waals surface area contributed by atoms with E-state index in [1.165, 1.54) is 0 Å². The van der Waals surface area contributed by atoms with Crippen LogP contribution in [0.1, 0.15) is 21.5 Å². The summed E-state index contributed by atoms with van der Waals surface area (Å²) in [6.45, 7) is 1.91. The van der Waals surface area contributed by atoms with E-state index in [2.05, 4.69) is 10.9 Å². The first-order valence-corrected chi connectivity index (χ1v) is 8.65. The van der Waals surface area contributed by atoms with Crippen LogP contribution in [-0.2, 0) is 11.2 Å². The van der Waals surface area contributed by atoms with Crippen LogP contribution in [0.4, 0.5) is 0 Å². The lowest BCUT2D eigenvalue weighted by molar-refractivity contribution is -0.121. The number of carbonyl (C=O) groups excluding carboxylic acids is 2. The van der Waals surface area contributed by atoms with E-state index >= 15 is 0 Å². The molecule has 0 bridgehead atoms. The normalized spacial score (nSPS) is 10.9. The fourth-order valence-corrected chi connectivity index (χ4v) is 3.21. The van der Waals surface area contributed by atoms with Crippen LogP contribution < -0.4 is 10.9 Å². The number of hydrogen-bond acceptors (Lipinski definition) is 3. The van der Waals surface area contributed by atoms with Gasteiger partial charge in [0.15, 0.2) is 0 Å². The average Bonchev–Trinajstić information content (AvgIpc) is 3.09. The van der Waals surface area contributed by atoms with Gasteiger partial charge >= 0.3 is 0 Å². The smallest absolute Gasteiger partial charge is 0.269 e. The molecule has 0 atom stereocenters. The summed E-state index contributed by atoms with van der Waals surface area (Å²) >= 11 is 0. The van der Waals surface area contributed by atoms with Gasteiger partial charge in [0.05, 0.1) is 12.7 Å². The molecule has 1 heterocycles. The zero-order valence-electron chi connectivity index (χ0n) is 14.8. The summed E-state index contributed by atoms with van der Waals surface area (Å²) in [6.07, 6.45) is 1.70. The van der Waals surface area contributed by atoms with Gasteiger partial charge in [-0.15, -0.1) is 0 Å². The van der Waals surface area contributed by atoms with Gasteiger partial charge in [-0.3, -0.25) is 20.4 Å². The molecular weight excluding hydrogens is 340 g/mol. The van der Waals surface area contributed by atoms with Crippen molar-refractivity contribution in [2.75, 3.05) is 0 Å². The number of rotatable bonds is 3. The highest BCUT2D eigenvalue weighted by atomic mass is 16.3. The third-order valence-corrected chi connectivity index (χ3v) is 4.49. The Kier molecular flexibility index (Phi) is 4.34. The molecule has 0 fully saturated rings. The molecule has 5 heteroatoms. The molecule has 27 heavy (non-hydrogen) atoms. The number of benzene rings is 3. The van der Waals surface area contributed by atoms with Crippen LogP contribution in [0.2, 0.25) is 0 Å². The molecule has 0 aliphatic rings. The summed E-state index contributed by atoms with van der Waals surface area (Å²) in [5, 5.41) is 3.05. The Morgan fingerprint density at radius 2 is 1.81 bits per heavy atom. The fraction of sp³-hybridized carbons (Fsp3) is 0.0909. The molecule has 4 rings (SSSR count). The standard InChI is InChI=1S/C22H18N2O3/c1-14-5-4-7-16(11-14)22(26)24-23-20(25)12-17-13-27-19-10-9-15-6-2-3-8-18(15)21(17)19/h2-11,13H,12H2,1H3,(H,23,25)(H,24,26). The van der Waals surface area contributed by atoms with E-state index in [0.29, 0.717) is 5.56 Å². The van der Waals surface area contributed by atoms with Crippen molar-refractivity contribution in [1.29, 1.82) is 0 Å². The summed E-state index contributed by atoms with van der Waals surface area (Å²) < 4.78 is 5.60. The summed E-state index contributed by atoms with van der Waals surface area (Å²) in [5.41, 5.74) is 7.92. The predicted molar refractivity (Wildman–Crippen MR) is 104 cm³/mol. The van der Waals surface area contributed by atoms with E-state index in [4.69, 9.17) is 4.42 Å². The molecule has 0 saturated heterocycles. The molecule has 2 amide bonds. The second-order valence-corrected chi connectivity index (χ2v) is 6.47. The van der Waals surface area contributed by atoms with E-state index < -0.39 is 0 Å². The number of amides is 2. The molecular formula is C22H18N2O3. The quantitative estimate of drug-likeness (QED) is 0.546. The number of carbonyl (C=O) groups is 2. The van der Waals surface area contributed by atoms with Crippen LogP contribution in [-0.4, -0.2) is 11.8 Å². The maximum atomic E-state index is 12.3. The number of nitrogens with one attached hydrogen (secondary N) is 2. The summed E-state index contributed by atoms with van der Waals surface area (Å²) in [5.74, 6) is -0.666. The molecule has 134 valence electrons. The number of furan rings is 1. The Balaban J connectivity index is 1.50. The van der Waals surface area contributed by atoms with Crippen molar-refractivity contribution in [3.63, 3.8) is 0 Å². The summed E-state index contributed by atoms with van der Waals surface area (Å²) in [4.78, 5) is 24.5. The Morgan fingerprint density at radius 3 is 2.67 bits per heavy atom. The predicted octanol–water partition coefficient (Wildman–Crippen LogP) is 3.90. The van der Waals surface area contributed by atoms with Gasteiger partial charge in [-0.05, 0) is 35.9 Å². The monoisotopic (exact) mass is 358 g/mol. The molecule has 5 nitrogen and oxygen atoms in total. The minimum atomic E-state index is -0.352. The van der Waals surface area contributed by atoms with Gasteiger partial charge in [0.2, 0.25) is 5.91 Å². The van der Waals surface area contributed by atoms with Crippen molar-refractivity contribution in [2.24, 2.45) is 0 Å². The molecule has 0 spiro atoms. The topological polar surface area (TPSA) is 71.3 Å². The fourth-order valence-electron chi connectivity index (χ4n) is 3.21. The van der Waals surface area contributed by atoms with Gasteiger partial charge in [-0.25, -0.2) is 0 Å². The largest absolute Gasteiger partial charge is 0.464 e. The third-order valence-electron chi connectivity index (χ3n) is 4.49. The van der Waals surface area contributed by atoms with Crippen LogP contribution in [0, 0.1) is 6.92 Å². The average molecular weight is 358 g/mol. The second kappa shape index (κ2) is 6.96. The summed E-state index contributed by atoms with van der Waals surface area (Å²) in [6, 6.07) is 19.0. The third kappa shape index (κ3) is 3.40. The second-order valence-electron chi connectivity index (χ2n) is 6.47. The molecule has 0 radical (unpaired) electrons. The molecule has 3 aromatic carbocycles. The minimum absolute atomic E-state index is 0.106. The maximum absolute atomic E-state index is 12.3. The lowest BCUT2D eigenvalue weighted by Crippen LogP contribution is -2.42. The first kappa shape index (κ1) is 16.8. The van der Waals surface area contributed by atoms with Crippen LogP contribution in [0.25, 0.3) is 21.7 Å². The number of hydrazine groups is 1. The molecule has 1 aromatic heterocycles. The first-order valence-electron chi connectivity index (χ1n) is 8.65. The minimum Gasteiger partial charge on any atom is -0.464 e. The molecule has 2 N–H and O–H groups in total. The van der Waals surface area contributed by atoms with Crippen molar-refractivity contribution < 1.29 is 14.0 Å². The van der Waals surface area contributed by atoms with E-state index in [0.717, 1.165) is 32.9 Å². The number of hydrogen-bond donors (Lipinski definition) is 2. The molecule has 0 aliphatic heterocycles. The molecule has 0 unspecified atom stereocenters. The number of aryl methyl sites for hydroxylation is 1. The maximum Gasteiger partial charge on any atom is 0.269 e. The zero-order valence-corrected chi connectivity index (χ0v) is 14.8. The van der Waals surface area contributed by atoms with Crippen molar-refractivity contribution in [3.8, 4) is 0 Å². The Hall–Kier alpha value is -3.60. The lowest BCUT2D eigenvalue weighted by Gasteiger charge is -2.08. The van der Waals surface area contributed by atoms with Crippen molar-refractivity contribution in [3.05, 3.63) is 83.6 Å². The SMILES string of the molecule is Cc1cccc(C(=O)NNC(=O)Cc2coc3ccc4ccccc4c23)c1. The Morgan fingerprint density at radius 1 is 0.963 bits per heavy atom. The van der Waals surface area contributed by atoms with Crippen LogP contribution >= 0.6 is 0 Å². The highest BCUT2D eigenvalue weighted by Crippen LogP contribution is 2.30. The lowest BCUT2D eigenvalue weighted by atomic mass is 10.0. The van der Waals surface area contributed by atoms with Gasteiger partial charge in [0.25, 0.3) is 5.91 Å². The Bertz CT molecular complexity index is 1160. The van der Waals surface area contributed by atoms with Crippen LogP contribution in [0.5, 0.6) is 0 Å². The van der Waals surface area contributed by atoms with Crippen molar-refractivity contribution >= 4 is 33.6 Å². The highest BCUT2D eigenvalue weighted by Gasteiger charge is 2.14. The Labute approximate surface area is 155 Å². The van der Waals surface area contributed by atoms with E-state index in [9.17, 15) is 9.59 Å². The van der Waals surface area contributed by atoms with Crippen molar-refractivity contribution in [2.45, 2.75) is 13.3 Å². The van der Waals surface area contributed by atoms with Crippen LogP contribution in [0.3, 0.4) is 0 Å². The van der Waals surface area contributed by atoms with E-state index in [-0.39, 0.29) is 18.2 Å². The summed E-state index contributed by atoms with van der Waals surface area (Å²) in [7, 11) is 0. The van der Waals surface area contributed by atoms with E-state index in [1.807, 2.05) is 49.4 Å².